The molecule has 0 rings (SSSR count). The Labute approximate surface area is 567 Å². The smallest absolute Gasteiger partial charge is 0.462 e. The van der Waals surface area contributed by atoms with Gasteiger partial charge < -0.3 is 33.8 Å². The molecule has 0 aromatic heterocycles. The van der Waals surface area contributed by atoms with Crippen molar-refractivity contribution in [2.45, 2.75) is 369 Å². The van der Waals surface area contributed by atoms with E-state index in [1.54, 1.807) is 0 Å². The normalized spacial score (nSPS) is 14.6. The Kier molecular flexibility index (Phi) is 62.5. The number of aliphatic hydroxyl groups is 1. The van der Waals surface area contributed by atoms with Crippen LogP contribution in [0, 0.1) is 17.8 Å². The Morgan fingerprint density at radius 1 is 0.355 bits per heavy atom. The van der Waals surface area contributed by atoms with Gasteiger partial charge in [0.15, 0.2) is 12.2 Å². The number of carbonyl (C=O) groups excluding carboxylic acids is 4. The van der Waals surface area contributed by atoms with Crippen LogP contribution in [-0.2, 0) is 65.4 Å². The number of allylic oxidation sites excluding steroid dienone is 4. The molecule has 3 unspecified atom stereocenters. The number of phosphoric ester groups is 2. The molecule has 0 bridgehead atoms. The van der Waals surface area contributed by atoms with E-state index in [4.69, 9.17) is 37.0 Å². The van der Waals surface area contributed by atoms with Crippen molar-refractivity contribution in [1.29, 1.82) is 0 Å². The molecule has 0 aromatic rings. The zero-order valence-corrected chi connectivity index (χ0v) is 62.0. The molecule has 0 amide bonds. The van der Waals surface area contributed by atoms with Gasteiger partial charge in [0.25, 0.3) is 0 Å². The fraction of sp³-hybridized carbons (Fsp3) is 0.892. The molecule has 0 aliphatic rings. The summed E-state index contributed by atoms with van der Waals surface area (Å²) in [6, 6.07) is 0. The number of unbranched alkanes of at least 4 members (excludes halogenated alkanes) is 34. The van der Waals surface area contributed by atoms with Crippen molar-refractivity contribution in [3.05, 3.63) is 24.3 Å². The van der Waals surface area contributed by atoms with E-state index in [9.17, 15) is 43.2 Å². The molecule has 548 valence electrons. The first-order valence-electron chi connectivity index (χ1n) is 37.7. The van der Waals surface area contributed by atoms with Crippen LogP contribution in [0.1, 0.15) is 350 Å². The molecule has 0 saturated carbocycles. The molecule has 0 aliphatic carbocycles. The van der Waals surface area contributed by atoms with Gasteiger partial charge in [-0.3, -0.25) is 37.3 Å². The molecule has 0 aromatic carbocycles. The number of rotatable bonds is 70. The standard InChI is InChI=1S/C74H140O17P2/c1-8-10-11-12-13-14-15-16-17-21-24-27-33-41-48-55-71(76)84-61-69(90-73(78)57-50-43-34-28-25-22-19-18-20-23-26-31-38-45-52-65(3)4)63-88-92(80,81)86-59-68(75)60-87-93(82,83)89-64-70(62-85-72(77)56-49-42-37-36-39-46-53-66(5)6)91-74(79)58-51-44-35-30-29-32-40-47-54-67(7)9-2/h14-17,65-70,75H,8-13,18-64H2,1-7H3,(H,80,81)(H,82,83)/b15-14-,17-16-/t67?,68-,69-,70-/m1/s1. The van der Waals surface area contributed by atoms with Crippen molar-refractivity contribution in [2.75, 3.05) is 39.6 Å². The average molecular weight is 1360 g/mol. The van der Waals surface area contributed by atoms with Gasteiger partial charge in [-0.2, -0.15) is 0 Å². The summed E-state index contributed by atoms with van der Waals surface area (Å²) in [5.74, 6) is 0.0840. The van der Waals surface area contributed by atoms with Gasteiger partial charge >= 0.3 is 39.5 Å². The van der Waals surface area contributed by atoms with E-state index in [-0.39, 0.29) is 25.7 Å². The SMILES string of the molecule is CCCCCC/C=C\C=C/CCCCCCCC(=O)OC[C@H](COP(=O)(O)OC[C@@H](O)COP(=O)(O)OC[C@@H](COC(=O)CCCCCCCCC(C)C)OC(=O)CCCCCCCCCCC(C)CC)OC(=O)CCCCCCCCCCCCCCCCC(C)C. The molecule has 0 aliphatic heterocycles. The van der Waals surface area contributed by atoms with Gasteiger partial charge in [0, 0.05) is 25.7 Å². The topological polar surface area (TPSA) is 237 Å². The van der Waals surface area contributed by atoms with Gasteiger partial charge in [0.2, 0.25) is 0 Å². The highest BCUT2D eigenvalue weighted by molar-refractivity contribution is 7.47. The van der Waals surface area contributed by atoms with Crippen LogP contribution in [0.4, 0.5) is 0 Å². The van der Waals surface area contributed by atoms with Crippen molar-refractivity contribution >= 4 is 39.5 Å². The Balaban J connectivity index is 5.28. The maximum atomic E-state index is 13.1. The van der Waals surface area contributed by atoms with Gasteiger partial charge in [0.1, 0.15) is 19.3 Å². The molecule has 0 saturated heterocycles. The monoisotopic (exact) mass is 1360 g/mol. The maximum Gasteiger partial charge on any atom is 0.472 e. The van der Waals surface area contributed by atoms with Crippen LogP contribution in [0.25, 0.3) is 0 Å². The molecular weight excluding hydrogens is 1220 g/mol. The van der Waals surface area contributed by atoms with Crippen LogP contribution in [-0.4, -0.2) is 96.7 Å². The largest absolute Gasteiger partial charge is 0.472 e. The van der Waals surface area contributed by atoms with Crippen molar-refractivity contribution in [2.24, 2.45) is 17.8 Å². The molecule has 3 N–H and O–H groups in total. The second kappa shape index (κ2) is 64.2. The number of esters is 4. The lowest BCUT2D eigenvalue weighted by Gasteiger charge is -2.21. The Hall–Kier alpha value is -2.46. The van der Waals surface area contributed by atoms with E-state index in [1.165, 1.54) is 135 Å². The van der Waals surface area contributed by atoms with Crippen LogP contribution in [0.3, 0.4) is 0 Å². The van der Waals surface area contributed by atoms with Gasteiger partial charge in [-0.25, -0.2) is 9.13 Å². The Bertz CT molecular complexity index is 1910. The molecule has 17 nitrogen and oxygen atoms in total. The highest BCUT2D eigenvalue weighted by Gasteiger charge is 2.30. The third-order valence-electron chi connectivity index (χ3n) is 16.9. The van der Waals surface area contributed by atoms with Crippen molar-refractivity contribution in [3.63, 3.8) is 0 Å². The fourth-order valence-corrected chi connectivity index (χ4v) is 12.3. The van der Waals surface area contributed by atoms with Gasteiger partial charge in [-0.1, -0.05) is 297 Å². The quantitative estimate of drug-likeness (QED) is 0.0169. The average Bonchev–Trinajstić information content (AvgIpc) is 2.86. The third kappa shape index (κ3) is 66.6. The van der Waals surface area contributed by atoms with Crippen LogP contribution in [0.15, 0.2) is 24.3 Å². The maximum absolute atomic E-state index is 13.1. The zero-order chi connectivity index (χ0) is 68.7. The highest BCUT2D eigenvalue weighted by atomic mass is 31.2. The summed E-state index contributed by atoms with van der Waals surface area (Å²) in [5, 5.41) is 10.6. The predicted molar refractivity (Wildman–Crippen MR) is 377 cm³/mol. The van der Waals surface area contributed by atoms with E-state index < -0.39 is 97.5 Å². The minimum atomic E-state index is -4.96. The minimum absolute atomic E-state index is 0.100. The minimum Gasteiger partial charge on any atom is -0.462 e. The lowest BCUT2D eigenvalue weighted by molar-refractivity contribution is -0.161. The molecule has 0 radical (unpaired) electrons. The number of carbonyl (C=O) groups is 4. The zero-order valence-electron chi connectivity index (χ0n) is 60.2. The van der Waals surface area contributed by atoms with Crippen LogP contribution in [0.5, 0.6) is 0 Å². The second-order valence-electron chi connectivity index (χ2n) is 27.2. The van der Waals surface area contributed by atoms with Crippen molar-refractivity contribution in [3.8, 4) is 0 Å². The number of aliphatic hydroxyl groups excluding tert-OH is 1. The summed E-state index contributed by atoms with van der Waals surface area (Å²) < 4.78 is 68.4. The summed E-state index contributed by atoms with van der Waals surface area (Å²) in [6.07, 6.45) is 52.3. The summed E-state index contributed by atoms with van der Waals surface area (Å²) in [5.41, 5.74) is 0. The number of hydrogen-bond acceptors (Lipinski definition) is 15. The third-order valence-corrected chi connectivity index (χ3v) is 18.8. The summed E-state index contributed by atoms with van der Waals surface area (Å²) in [7, 11) is -9.92. The van der Waals surface area contributed by atoms with Crippen LogP contribution >= 0.6 is 15.6 Å². The molecule has 93 heavy (non-hydrogen) atoms. The summed E-state index contributed by atoms with van der Waals surface area (Å²) in [4.78, 5) is 72.7. The van der Waals surface area contributed by atoms with Gasteiger partial charge in [-0.05, 0) is 69.1 Å². The number of hydrogen-bond donors (Lipinski definition) is 3. The molecular formula is C74H140O17P2. The van der Waals surface area contributed by atoms with E-state index in [2.05, 4.69) is 72.8 Å². The molecule has 0 spiro atoms. The summed E-state index contributed by atoms with van der Waals surface area (Å²) >= 11 is 0. The molecule has 0 fully saturated rings. The second-order valence-corrected chi connectivity index (χ2v) is 30.1. The Morgan fingerprint density at radius 2 is 0.634 bits per heavy atom. The van der Waals surface area contributed by atoms with E-state index in [1.807, 2.05) is 0 Å². The molecule has 19 heteroatoms. The Morgan fingerprint density at radius 3 is 0.957 bits per heavy atom. The first kappa shape index (κ1) is 90.5. The van der Waals surface area contributed by atoms with Crippen molar-refractivity contribution in [1.82, 2.24) is 0 Å². The molecule has 6 atom stereocenters. The fourth-order valence-electron chi connectivity index (χ4n) is 10.7. The van der Waals surface area contributed by atoms with E-state index in [0.717, 1.165) is 127 Å². The summed E-state index contributed by atoms with van der Waals surface area (Å²) in [6.45, 7) is 11.7. The first-order valence-corrected chi connectivity index (χ1v) is 40.7. The molecule has 0 heterocycles. The van der Waals surface area contributed by atoms with Crippen LogP contribution in [0.2, 0.25) is 0 Å². The predicted octanol–water partition coefficient (Wildman–Crippen LogP) is 21.0. The lowest BCUT2D eigenvalue weighted by atomic mass is 9.99. The highest BCUT2D eigenvalue weighted by Crippen LogP contribution is 2.45. The first-order chi connectivity index (χ1) is 44.8. The van der Waals surface area contributed by atoms with Gasteiger partial charge in [-0.15, -0.1) is 0 Å². The number of ether oxygens (including phenoxy) is 4. The van der Waals surface area contributed by atoms with Gasteiger partial charge in [0.05, 0.1) is 26.4 Å². The number of phosphoric acid groups is 2. The van der Waals surface area contributed by atoms with E-state index in [0.29, 0.717) is 31.6 Å². The van der Waals surface area contributed by atoms with Crippen LogP contribution < -0.4 is 0 Å². The van der Waals surface area contributed by atoms with Crippen molar-refractivity contribution < 1.29 is 80.2 Å². The van der Waals surface area contributed by atoms with E-state index >= 15 is 0 Å². The lowest BCUT2D eigenvalue weighted by Crippen LogP contribution is -2.30.